The highest BCUT2D eigenvalue weighted by atomic mass is 35.5. The van der Waals surface area contributed by atoms with E-state index < -0.39 is 0 Å². The molecule has 0 aliphatic carbocycles. The van der Waals surface area contributed by atoms with Crippen molar-refractivity contribution in [2.24, 2.45) is 7.05 Å². The molecule has 21 heavy (non-hydrogen) atoms. The second-order valence-corrected chi connectivity index (χ2v) is 5.41. The molecular formula is C16H22ClN3O. The maximum Gasteiger partial charge on any atom is 0.123 e. The molecule has 0 spiro atoms. The minimum Gasteiger partial charge on any atom is -0.493 e. The molecule has 2 aromatic rings. The molecule has 0 fully saturated rings. The Bertz CT molecular complexity index is 568. The largest absolute Gasteiger partial charge is 0.493 e. The van der Waals surface area contributed by atoms with Gasteiger partial charge in [-0.3, -0.25) is 4.68 Å². The first-order valence-electron chi connectivity index (χ1n) is 7.29. The van der Waals surface area contributed by atoms with E-state index in [9.17, 15) is 0 Å². The van der Waals surface area contributed by atoms with Gasteiger partial charge in [0.1, 0.15) is 5.75 Å². The van der Waals surface area contributed by atoms with Gasteiger partial charge in [-0.15, -0.1) is 0 Å². The Morgan fingerprint density at radius 3 is 2.90 bits per heavy atom. The molecular weight excluding hydrogens is 286 g/mol. The van der Waals surface area contributed by atoms with Gasteiger partial charge in [-0.2, -0.15) is 5.10 Å². The number of aryl methyl sites for hydroxylation is 1. The Kier molecular flexibility index (Phi) is 6.08. The Morgan fingerprint density at radius 1 is 1.33 bits per heavy atom. The van der Waals surface area contributed by atoms with Gasteiger partial charge in [0.15, 0.2) is 0 Å². The van der Waals surface area contributed by atoms with E-state index in [1.54, 1.807) is 6.20 Å². The van der Waals surface area contributed by atoms with Gasteiger partial charge in [-0.25, -0.2) is 0 Å². The van der Waals surface area contributed by atoms with Crippen molar-refractivity contribution in [1.82, 2.24) is 15.1 Å². The third-order valence-electron chi connectivity index (χ3n) is 3.30. The van der Waals surface area contributed by atoms with Gasteiger partial charge in [0.2, 0.25) is 0 Å². The first-order valence-corrected chi connectivity index (χ1v) is 7.67. The lowest BCUT2D eigenvalue weighted by Crippen LogP contribution is -2.15. The predicted octanol–water partition coefficient (Wildman–Crippen LogP) is 3.19. The number of aromatic nitrogens is 2. The van der Waals surface area contributed by atoms with Crippen LogP contribution in [0.3, 0.4) is 0 Å². The van der Waals surface area contributed by atoms with Crippen molar-refractivity contribution >= 4 is 11.6 Å². The smallest absolute Gasteiger partial charge is 0.123 e. The average Bonchev–Trinajstić information content (AvgIpc) is 2.87. The summed E-state index contributed by atoms with van der Waals surface area (Å²) in [5.41, 5.74) is 2.26. The highest BCUT2D eigenvalue weighted by molar-refractivity contribution is 6.30. The van der Waals surface area contributed by atoms with Crippen LogP contribution in [0.4, 0.5) is 0 Å². The Hall–Kier alpha value is -1.52. The topological polar surface area (TPSA) is 39.1 Å². The van der Waals surface area contributed by atoms with Crippen molar-refractivity contribution in [2.75, 3.05) is 13.2 Å². The second-order valence-electron chi connectivity index (χ2n) is 4.97. The molecule has 114 valence electrons. The van der Waals surface area contributed by atoms with E-state index in [1.807, 2.05) is 36.0 Å². The summed E-state index contributed by atoms with van der Waals surface area (Å²) in [5, 5.41) is 8.27. The molecule has 0 unspecified atom stereocenters. The second kappa shape index (κ2) is 8.05. The predicted molar refractivity (Wildman–Crippen MR) is 85.9 cm³/mol. The molecule has 0 aliphatic rings. The van der Waals surface area contributed by atoms with Crippen LogP contribution in [-0.2, 0) is 20.0 Å². The number of nitrogens with one attached hydrogen (secondary N) is 1. The van der Waals surface area contributed by atoms with Gasteiger partial charge < -0.3 is 10.1 Å². The summed E-state index contributed by atoms with van der Waals surface area (Å²) in [4.78, 5) is 0. The normalized spacial score (nSPS) is 10.8. The molecule has 0 aliphatic heterocycles. The Balaban J connectivity index is 1.93. The van der Waals surface area contributed by atoms with E-state index in [0.717, 1.165) is 48.0 Å². The zero-order valence-electron chi connectivity index (χ0n) is 12.6. The fourth-order valence-electron chi connectivity index (χ4n) is 2.14. The summed E-state index contributed by atoms with van der Waals surface area (Å²) < 4.78 is 7.78. The quantitative estimate of drug-likeness (QED) is 0.761. The summed E-state index contributed by atoms with van der Waals surface area (Å²) in [6, 6.07) is 7.78. The van der Waals surface area contributed by atoms with Gasteiger partial charge in [-0.05, 0) is 37.2 Å². The lowest BCUT2D eigenvalue weighted by atomic mass is 10.2. The van der Waals surface area contributed by atoms with Gasteiger partial charge in [0, 0.05) is 42.5 Å². The van der Waals surface area contributed by atoms with Crippen LogP contribution in [0.5, 0.6) is 5.75 Å². The van der Waals surface area contributed by atoms with Crippen molar-refractivity contribution < 1.29 is 4.74 Å². The molecule has 1 aromatic carbocycles. The molecule has 0 bridgehead atoms. The lowest BCUT2D eigenvalue weighted by molar-refractivity contribution is 0.314. The molecule has 0 atom stereocenters. The number of halogens is 1. The van der Waals surface area contributed by atoms with E-state index in [2.05, 4.69) is 17.3 Å². The molecule has 4 nitrogen and oxygen atoms in total. The third kappa shape index (κ3) is 4.76. The maximum atomic E-state index is 6.07. The Morgan fingerprint density at radius 2 is 2.19 bits per heavy atom. The molecule has 2 rings (SSSR count). The fraction of sp³-hybridized carbons (Fsp3) is 0.438. The monoisotopic (exact) mass is 307 g/mol. The summed E-state index contributed by atoms with van der Waals surface area (Å²) in [5.74, 6) is 0.894. The van der Waals surface area contributed by atoms with Crippen LogP contribution in [0.2, 0.25) is 5.02 Å². The number of hydrogen-bond donors (Lipinski definition) is 1. The molecule has 0 radical (unpaired) electrons. The van der Waals surface area contributed by atoms with Crippen LogP contribution in [0.25, 0.3) is 0 Å². The van der Waals surface area contributed by atoms with E-state index in [0.29, 0.717) is 6.61 Å². The van der Waals surface area contributed by atoms with Crippen LogP contribution in [0.15, 0.2) is 30.5 Å². The molecule has 1 heterocycles. The van der Waals surface area contributed by atoms with Gasteiger partial charge in [-0.1, -0.05) is 18.5 Å². The zero-order valence-corrected chi connectivity index (χ0v) is 13.4. The number of hydrogen-bond acceptors (Lipinski definition) is 3. The first kappa shape index (κ1) is 15.9. The molecule has 0 saturated heterocycles. The van der Waals surface area contributed by atoms with Crippen molar-refractivity contribution in [1.29, 1.82) is 0 Å². The number of nitrogens with zero attached hydrogens (tertiary/aromatic N) is 2. The van der Waals surface area contributed by atoms with Crippen molar-refractivity contribution in [3.05, 3.63) is 46.7 Å². The fourth-order valence-corrected chi connectivity index (χ4v) is 2.33. The molecule has 1 N–H and O–H groups in total. The minimum atomic E-state index is 0.627. The number of ether oxygens (including phenoxy) is 1. The average molecular weight is 308 g/mol. The van der Waals surface area contributed by atoms with E-state index in [1.165, 1.54) is 0 Å². The first-order chi connectivity index (χ1) is 10.2. The summed E-state index contributed by atoms with van der Waals surface area (Å²) in [6.45, 7) is 4.54. The third-order valence-corrected chi connectivity index (χ3v) is 3.54. The SMILES string of the molecule is CCCNCc1cc(Cl)ccc1OCCc1ccnn1C. The molecule has 0 amide bonds. The van der Waals surface area contributed by atoms with E-state index >= 15 is 0 Å². The lowest BCUT2D eigenvalue weighted by Gasteiger charge is -2.12. The van der Waals surface area contributed by atoms with Crippen LogP contribution < -0.4 is 10.1 Å². The minimum absolute atomic E-state index is 0.627. The highest BCUT2D eigenvalue weighted by Crippen LogP contribution is 2.23. The van der Waals surface area contributed by atoms with Crippen LogP contribution >= 0.6 is 11.6 Å². The highest BCUT2D eigenvalue weighted by Gasteiger charge is 2.06. The summed E-state index contributed by atoms with van der Waals surface area (Å²) >= 11 is 6.07. The van der Waals surface area contributed by atoms with Gasteiger partial charge in [0.25, 0.3) is 0 Å². The number of rotatable bonds is 8. The number of benzene rings is 1. The van der Waals surface area contributed by atoms with Crippen molar-refractivity contribution in [3.63, 3.8) is 0 Å². The zero-order chi connectivity index (χ0) is 15.1. The van der Waals surface area contributed by atoms with E-state index in [-0.39, 0.29) is 0 Å². The van der Waals surface area contributed by atoms with E-state index in [4.69, 9.17) is 16.3 Å². The molecule has 1 aromatic heterocycles. The van der Waals surface area contributed by atoms with Crippen molar-refractivity contribution in [2.45, 2.75) is 26.3 Å². The Labute approximate surface area is 131 Å². The van der Waals surface area contributed by atoms with Crippen molar-refractivity contribution in [3.8, 4) is 5.75 Å². The standard InChI is InChI=1S/C16H22ClN3O/c1-3-8-18-12-13-11-14(17)4-5-16(13)21-10-7-15-6-9-19-20(15)2/h4-6,9,11,18H,3,7-8,10,12H2,1-2H3. The van der Waals surface area contributed by atoms with Crippen LogP contribution in [0.1, 0.15) is 24.6 Å². The molecule has 5 heteroatoms. The van der Waals surface area contributed by atoms with Crippen LogP contribution in [0, 0.1) is 0 Å². The maximum absolute atomic E-state index is 6.07. The van der Waals surface area contributed by atoms with Crippen LogP contribution in [-0.4, -0.2) is 22.9 Å². The van der Waals surface area contributed by atoms with Gasteiger partial charge >= 0.3 is 0 Å². The van der Waals surface area contributed by atoms with Gasteiger partial charge in [0.05, 0.1) is 6.61 Å². The summed E-state index contributed by atoms with van der Waals surface area (Å²) in [7, 11) is 1.94. The molecule has 0 saturated carbocycles. The summed E-state index contributed by atoms with van der Waals surface area (Å²) in [6.07, 6.45) is 3.75.